The molecule has 0 rings (SSSR count). The van der Waals surface area contributed by atoms with E-state index in [1.807, 2.05) is 0 Å². The minimum atomic E-state index is -2.27. The van der Waals surface area contributed by atoms with Gasteiger partial charge in [-0.1, -0.05) is 0 Å². The Morgan fingerprint density at radius 2 is 0.394 bits per heavy atom. The molecule has 0 aromatic carbocycles. The molecule has 21 heteroatoms. The van der Waals surface area contributed by atoms with Crippen LogP contribution in [0.4, 0.5) is 0 Å². The van der Waals surface area contributed by atoms with Crippen molar-refractivity contribution in [1.82, 2.24) is 0 Å². The zero-order valence-corrected chi connectivity index (χ0v) is 19.7. The summed E-state index contributed by atoms with van der Waals surface area (Å²) in [5.41, 5.74) is 0. The predicted molar refractivity (Wildman–Crippen MR) is 85.5 cm³/mol. The van der Waals surface area contributed by atoms with Crippen molar-refractivity contribution in [3.63, 3.8) is 0 Å². The molecule has 14 N–H and O–H groups in total. The molecule has 0 saturated carbocycles. The summed E-state index contributed by atoms with van der Waals surface area (Å²) in [5.74, 6) is -10.6. The second-order valence-corrected chi connectivity index (χ2v) is 4.70. The van der Waals surface area contributed by atoms with Gasteiger partial charge in [-0.05, 0) is 0 Å². The zero-order chi connectivity index (χ0) is 24.9. The maximum absolute atomic E-state index is 9.77. The van der Waals surface area contributed by atoms with E-state index in [1.54, 1.807) is 0 Å². The van der Waals surface area contributed by atoms with Gasteiger partial charge in [0.1, 0.15) is 0 Å². The van der Waals surface area contributed by atoms with Gasteiger partial charge in [0, 0.05) is 77.2 Å². The molecule has 0 aliphatic rings. The van der Waals surface area contributed by atoms with E-state index in [4.69, 9.17) is 61.3 Å². The first-order chi connectivity index (χ1) is 13.4. The van der Waals surface area contributed by atoms with Crippen LogP contribution in [-0.2, 0) is 28.8 Å². The van der Waals surface area contributed by atoms with E-state index in [-0.39, 0.29) is 82.7 Å². The summed E-state index contributed by atoms with van der Waals surface area (Å²) in [6.07, 6.45) is -13.6. The third-order valence-corrected chi connectivity index (χ3v) is 2.42. The fourth-order valence-corrected chi connectivity index (χ4v) is 0.810. The molecule has 0 aromatic heterocycles. The predicted octanol–water partition coefficient (Wildman–Crippen LogP) is -7.19. The number of aliphatic carboxylic acids is 6. The first-order valence-corrected chi connectivity index (χ1v) is 6.85. The summed E-state index contributed by atoms with van der Waals surface area (Å²) in [4.78, 5) is 58.6. The Kier molecular flexibility index (Phi) is 31.6. The quantitative estimate of drug-likeness (QED) is 0.103. The molecule has 2 radical (unpaired) electrons. The number of carboxylic acids is 6. The molecule has 200 valence electrons. The molecule has 0 amide bonds. The third kappa shape index (κ3) is 21.4. The maximum Gasteiger partial charge on any atom is 0.335 e. The van der Waals surface area contributed by atoms with Crippen molar-refractivity contribution in [2.24, 2.45) is 0 Å². The standard InChI is InChI=1S/3C4H6O6.H2O.2Tb/c3*5-1(3(7)8)2(6)4(9)10;;;/h3*1-2,5-6H,(H,7,8)(H,9,10);1H2;;. The van der Waals surface area contributed by atoms with Gasteiger partial charge in [0.2, 0.25) is 0 Å². The van der Waals surface area contributed by atoms with E-state index in [2.05, 4.69) is 0 Å². The molecule has 0 bridgehead atoms. The fraction of sp³-hybridized carbons (Fsp3) is 0.500. The normalized spacial score (nSPS) is 14.4. The molecule has 0 aliphatic carbocycles. The summed E-state index contributed by atoms with van der Waals surface area (Å²) < 4.78 is 0. The first kappa shape index (κ1) is 45.6. The van der Waals surface area contributed by atoms with E-state index < -0.39 is 72.4 Å². The first-order valence-electron chi connectivity index (χ1n) is 6.85. The summed E-state index contributed by atoms with van der Waals surface area (Å²) >= 11 is 0. The SMILES string of the molecule is O.O=C(O)C(O)C(O)C(=O)O.O=C(O)C(O)C(O)C(=O)O.O=C(O)C(O)C(O)C(=O)O.[Tb].[Tb]. The molecule has 0 saturated heterocycles. The maximum atomic E-state index is 9.77. The Balaban J connectivity index is -0.0000000792. The second-order valence-electron chi connectivity index (χ2n) is 4.70. The van der Waals surface area contributed by atoms with Crippen LogP contribution in [0.5, 0.6) is 0 Å². The minimum absolute atomic E-state index is 0. The van der Waals surface area contributed by atoms with Crippen LogP contribution in [0, 0.1) is 77.2 Å². The van der Waals surface area contributed by atoms with E-state index in [1.165, 1.54) is 0 Å². The largest absolute Gasteiger partial charge is 0.479 e. The molecule has 6 unspecified atom stereocenters. The third-order valence-electron chi connectivity index (χ3n) is 2.42. The van der Waals surface area contributed by atoms with Gasteiger partial charge in [0.05, 0.1) is 0 Å². The molecular formula is C12H20O19Tb2. The van der Waals surface area contributed by atoms with Gasteiger partial charge in [-0.15, -0.1) is 0 Å². The topological polar surface area (TPSA) is 377 Å². The van der Waals surface area contributed by atoms with Crippen LogP contribution < -0.4 is 0 Å². The zero-order valence-electron chi connectivity index (χ0n) is 15.4. The number of aliphatic hydroxyl groups excluding tert-OH is 6. The Morgan fingerprint density at radius 1 is 0.333 bits per heavy atom. The van der Waals surface area contributed by atoms with Crippen LogP contribution in [0.15, 0.2) is 0 Å². The van der Waals surface area contributed by atoms with Gasteiger partial charge < -0.3 is 66.8 Å². The number of carboxylic acid groups (broad SMARTS) is 6. The molecule has 0 spiro atoms. The van der Waals surface area contributed by atoms with Gasteiger partial charge in [0.15, 0.2) is 36.6 Å². The van der Waals surface area contributed by atoms with Crippen LogP contribution in [0.3, 0.4) is 0 Å². The average Bonchev–Trinajstić information content (AvgIpc) is 2.64. The van der Waals surface area contributed by atoms with E-state index in [9.17, 15) is 28.8 Å². The van der Waals surface area contributed by atoms with Crippen molar-refractivity contribution in [3.8, 4) is 0 Å². The Bertz CT molecular complexity index is 499. The molecule has 33 heavy (non-hydrogen) atoms. The van der Waals surface area contributed by atoms with Crippen LogP contribution in [-0.4, -0.2) is 139 Å². The van der Waals surface area contributed by atoms with E-state index in [0.29, 0.717) is 0 Å². The van der Waals surface area contributed by atoms with Gasteiger partial charge in [-0.2, -0.15) is 0 Å². The van der Waals surface area contributed by atoms with E-state index in [0.717, 1.165) is 0 Å². The van der Waals surface area contributed by atoms with Crippen molar-refractivity contribution < 1.29 is 173 Å². The molecule has 6 atom stereocenters. The van der Waals surface area contributed by atoms with E-state index >= 15 is 0 Å². The number of hydrogen-bond acceptors (Lipinski definition) is 12. The number of hydrogen-bond donors (Lipinski definition) is 12. The number of rotatable bonds is 9. The van der Waals surface area contributed by atoms with Gasteiger partial charge in [-0.3, -0.25) is 0 Å². The molecular weight excluding hydrogens is 766 g/mol. The molecule has 0 aliphatic heterocycles. The minimum Gasteiger partial charge on any atom is -0.479 e. The summed E-state index contributed by atoms with van der Waals surface area (Å²) in [6, 6.07) is 0. The monoisotopic (exact) mass is 786 g/mol. The van der Waals surface area contributed by atoms with Crippen LogP contribution in [0.2, 0.25) is 0 Å². The second kappa shape index (κ2) is 22.9. The molecule has 0 heterocycles. The van der Waals surface area contributed by atoms with Gasteiger partial charge in [0.25, 0.3) is 0 Å². The molecule has 0 fully saturated rings. The van der Waals surface area contributed by atoms with Crippen molar-refractivity contribution in [2.45, 2.75) is 36.6 Å². The Morgan fingerprint density at radius 3 is 0.424 bits per heavy atom. The Labute approximate surface area is 243 Å². The van der Waals surface area contributed by atoms with Crippen molar-refractivity contribution >= 4 is 35.8 Å². The number of aliphatic hydroxyl groups is 6. The van der Waals surface area contributed by atoms with Crippen molar-refractivity contribution in [1.29, 1.82) is 0 Å². The summed E-state index contributed by atoms with van der Waals surface area (Å²) in [6.45, 7) is 0. The Hall–Kier alpha value is -0.889. The molecule has 0 aromatic rings. The van der Waals surface area contributed by atoms with Crippen LogP contribution in [0.25, 0.3) is 0 Å². The summed E-state index contributed by atoms with van der Waals surface area (Å²) in [7, 11) is 0. The van der Waals surface area contributed by atoms with Crippen molar-refractivity contribution in [3.05, 3.63) is 0 Å². The van der Waals surface area contributed by atoms with Gasteiger partial charge >= 0.3 is 35.8 Å². The van der Waals surface area contributed by atoms with Crippen molar-refractivity contribution in [2.75, 3.05) is 0 Å². The fourth-order valence-electron chi connectivity index (χ4n) is 0.810. The molecule has 19 nitrogen and oxygen atoms in total. The van der Waals surface area contributed by atoms with Crippen LogP contribution in [0.1, 0.15) is 0 Å². The average molecular weight is 786 g/mol. The number of carbonyl (C=O) groups is 6. The van der Waals surface area contributed by atoms with Crippen LogP contribution >= 0.6 is 0 Å². The summed E-state index contributed by atoms with van der Waals surface area (Å²) in [5, 5.41) is 97.6. The smallest absolute Gasteiger partial charge is 0.335 e. The van der Waals surface area contributed by atoms with Gasteiger partial charge in [-0.25, -0.2) is 28.8 Å².